The number of rotatable bonds is 4. The summed E-state index contributed by atoms with van der Waals surface area (Å²) in [6, 6.07) is 17.1. The summed E-state index contributed by atoms with van der Waals surface area (Å²) in [6.45, 7) is 4.12. The number of carbonyl (C=O) groups excluding carboxylic acids is 1. The van der Waals surface area contributed by atoms with E-state index in [-0.39, 0.29) is 11.0 Å². The van der Waals surface area contributed by atoms with Crippen LogP contribution in [0.15, 0.2) is 76.5 Å². The summed E-state index contributed by atoms with van der Waals surface area (Å²) >= 11 is 1.56. The minimum Gasteiger partial charge on any atom is -0.299 e. The normalized spacial score (nSPS) is 33.9. The van der Waals surface area contributed by atoms with Crippen molar-refractivity contribution in [3.63, 3.8) is 0 Å². The molecular formula is C28H32O3S2. The van der Waals surface area contributed by atoms with Crippen LogP contribution in [0.3, 0.4) is 0 Å². The van der Waals surface area contributed by atoms with Gasteiger partial charge < -0.3 is 0 Å². The molecule has 174 valence electrons. The van der Waals surface area contributed by atoms with E-state index in [1.54, 1.807) is 23.9 Å². The zero-order chi connectivity index (χ0) is 23.2. The maximum absolute atomic E-state index is 14.2. The van der Waals surface area contributed by atoms with Crippen molar-refractivity contribution in [3.8, 4) is 0 Å². The maximum atomic E-state index is 14.2. The average molecular weight is 481 g/mol. The first kappa shape index (κ1) is 22.9. The molecule has 0 unspecified atom stereocenters. The topological polar surface area (TPSA) is 51.2 Å². The van der Waals surface area contributed by atoms with E-state index in [1.807, 2.05) is 49.4 Å². The van der Waals surface area contributed by atoms with Gasteiger partial charge in [-0.05, 0) is 61.3 Å². The standard InChI is InChI=1S/C28H32O3S2/c1-19-12-14-22(15-13-19)33(30,31)27-25(32-21-9-4-3-5-10-21)16-17-28(2)23-11-7-6-8-20(23)18-24(29)26(27)28/h3-5,9-10,12-17,20,23,25-27H,6-8,11,18H2,1-2H3/t20-,23+,25+,26-,27+,28-/m1/s1. The molecule has 0 radical (unpaired) electrons. The number of benzene rings is 2. The Morgan fingerprint density at radius 3 is 2.39 bits per heavy atom. The first-order valence-electron chi connectivity index (χ1n) is 12.0. The van der Waals surface area contributed by atoms with E-state index in [0.29, 0.717) is 23.2 Å². The summed E-state index contributed by atoms with van der Waals surface area (Å²) in [5.74, 6) is 0.403. The molecule has 0 saturated heterocycles. The number of Topliss-reactive ketones (excluding diaryl/α,β-unsaturated/α-hetero) is 1. The van der Waals surface area contributed by atoms with Crippen LogP contribution in [0, 0.1) is 30.1 Å². The molecule has 0 spiro atoms. The fraction of sp³-hybridized carbons (Fsp3) is 0.464. The lowest BCUT2D eigenvalue weighted by atomic mass is 9.51. The smallest absolute Gasteiger partial charge is 0.183 e. The van der Waals surface area contributed by atoms with Crippen LogP contribution in [0.25, 0.3) is 0 Å². The molecule has 5 rings (SSSR count). The Kier molecular flexibility index (Phi) is 6.07. The average Bonchev–Trinajstić information content (AvgIpc) is 2.80. The van der Waals surface area contributed by atoms with E-state index in [2.05, 4.69) is 19.1 Å². The van der Waals surface area contributed by atoms with Crippen LogP contribution in [0.5, 0.6) is 0 Å². The lowest BCUT2D eigenvalue weighted by molar-refractivity contribution is -0.136. The summed E-state index contributed by atoms with van der Waals surface area (Å²) in [6.07, 6.45) is 9.38. The molecule has 0 N–H and O–H groups in total. The summed E-state index contributed by atoms with van der Waals surface area (Å²) in [5, 5.41) is -1.07. The van der Waals surface area contributed by atoms with Gasteiger partial charge in [0.25, 0.3) is 0 Å². The SMILES string of the molecule is Cc1ccc(S(=O)(=O)[C@H]2[C@@H](Sc3ccccc3)C=C[C@@]3(C)[C@@H]2C(=O)C[C@H]2CCCC[C@@H]23)cc1. The highest BCUT2D eigenvalue weighted by atomic mass is 32.2. The molecule has 2 aromatic rings. The maximum Gasteiger partial charge on any atom is 0.183 e. The molecule has 0 aliphatic heterocycles. The number of aryl methyl sites for hydroxylation is 1. The van der Waals surface area contributed by atoms with E-state index < -0.39 is 26.4 Å². The van der Waals surface area contributed by atoms with Gasteiger partial charge in [-0.1, -0.05) is 67.8 Å². The van der Waals surface area contributed by atoms with Gasteiger partial charge in [-0.15, -0.1) is 11.8 Å². The number of carbonyl (C=O) groups is 1. The second kappa shape index (κ2) is 8.74. The Morgan fingerprint density at radius 1 is 0.970 bits per heavy atom. The predicted molar refractivity (Wildman–Crippen MR) is 134 cm³/mol. The molecule has 0 aromatic heterocycles. The molecule has 3 aliphatic rings. The van der Waals surface area contributed by atoms with E-state index in [4.69, 9.17) is 0 Å². The Labute approximate surface area is 202 Å². The van der Waals surface area contributed by atoms with Crippen molar-refractivity contribution in [2.45, 2.75) is 66.2 Å². The predicted octanol–water partition coefficient (Wildman–Crippen LogP) is 6.27. The largest absolute Gasteiger partial charge is 0.299 e. The summed E-state index contributed by atoms with van der Waals surface area (Å²) < 4.78 is 28.4. The summed E-state index contributed by atoms with van der Waals surface area (Å²) in [5.41, 5.74) is 0.618. The van der Waals surface area contributed by atoms with Crippen LogP contribution in [0.2, 0.25) is 0 Å². The van der Waals surface area contributed by atoms with Gasteiger partial charge in [0.2, 0.25) is 0 Å². The molecule has 0 bridgehead atoms. The van der Waals surface area contributed by atoms with Crippen LogP contribution in [-0.2, 0) is 14.6 Å². The highest BCUT2D eigenvalue weighted by molar-refractivity contribution is 8.01. The van der Waals surface area contributed by atoms with Crippen LogP contribution in [0.4, 0.5) is 0 Å². The third-order valence-corrected chi connectivity index (χ3v) is 11.9. The molecule has 2 saturated carbocycles. The van der Waals surface area contributed by atoms with Crippen molar-refractivity contribution in [3.05, 3.63) is 72.3 Å². The molecule has 3 aliphatic carbocycles. The molecule has 2 aromatic carbocycles. The van der Waals surface area contributed by atoms with Gasteiger partial charge in [0.1, 0.15) is 5.78 Å². The van der Waals surface area contributed by atoms with Crippen molar-refractivity contribution in [1.29, 1.82) is 0 Å². The van der Waals surface area contributed by atoms with Crippen molar-refractivity contribution >= 4 is 27.4 Å². The van der Waals surface area contributed by atoms with E-state index in [0.717, 1.165) is 23.3 Å². The molecular weight excluding hydrogens is 448 g/mol. The Bertz CT molecular complexity index is 1150. The van der Waals surface area contributed by atoms with Crippen LogP contribution in [0.1, 0.15) is 44.6 Å². The van der Waals surface area contributed by atoms with Crippen molar-refractivity contribution in [2.75, 3.05) is 0 Å². The lowest BCUT2D eigenvalue weighted by Gasteiger charge is -2.55. The molecule has 0 heterocycles. The highest BCUT2D eigenvalue weighted by Crippen LogP contribution is 2.58. The number of ketones is 1. The van der Waals surface area contributed by atoms with Crippen LogP contribution < -0.4 is 0 Å². The Hall–Kier alpha value is -1.85. The quantitative estimate of drug-likeness (QED) is 0.484. The van der Waals surface area contributed by atoms with E-state index in [9.17, 15) is 13.2 Å². The zero-order valence-electron chi connectivity index (χ0n) is 19.3. The fourth-order valence-corrected chi connectivity index (χ4v) is 10.4. The van der Waals surface area contributed by atoms with Crippen molar-refractivity contribution < 1.29 is 13.2 Å². The number of allylic oxidation sites excluding steroid dienone is 1. The molecule has 33 heavy (non-hydrogen) atoms. The van der Waals surface area contributed by atoms with Gasteiger partial charge in [-0.2, -0.15) is 0 Å². The molecule has 2 fully saturated rings. The van der Waals surface area contributed by atoms with Gasteiger partial charge >= 0.3 is 0 Å². The van der Waals surface area contributed by atoms with E-state index >= 15 is 0 Å². The van der Waals surface area contributed by atoms with Gasteiger partial charge in [0.05, 0.1) is 10.1 Å². The van der Waals surface area contributed by atoms with E-state index in [1.165, 1.54) is 12.8 Å². The second-order valence-corrected chi connectivity index (χ2v) is 13.6. The summed E-state index contributed by atoms with van der Waals surface area (Å²) in [7, 11) is -3.72. The van der Waals surface area contributed by atoms with Gasteiger partial charge in [0, 0.05) is 22.5 Å². The molecule has 0 amide bonds. The number of thioether (sulfide) groups is 1. The summed E-state index contributed by atoms with van der Waals surface area (Å²) in [4.78, 5) is 15.1. The molecule has 5 heteroatoms. The number of hydrogen-bond acceptors (Lipinski definition) is 4. The van der Waals surface area contributed by atoms with Gasteiger partial charge in [-0.25, -0.2) is 8.42 Å². The highest BCUT2D eigenvalue weighted by Gasteiger charge is 2.59. The first-order valence-corrected chi connectivity index (χ1v) is 14.5. The lowest BCUT2D eigenvalue weighted by Crippen LogP contribution is -2.58. The Morgan fingerprint density at radius 2 is 1.67 bits per heavy atom. The first-order chi connectivity index (χ1) is 15.8. The van der Waals surface area contributed by atoms with Crippen molar-refractivity contribution in [2.24, 2.45) is 23.2 Å². The zero-order valence-corrected chi connectivity index (χ0v) is 20.9. The van der Waals surface area contributed by atoms with Crippen molar-refractivity contribution in [1.82, 2.24) is 0 Å². The molecule has 6 atom stereocenters. The third-order valence-electron chi connectivity index (χ3n) is 8.21. The van der Waals surface area contributed by atoms with Gasteiger partial charge in [-0.3, -0.25) is 4.79 Å². The minimum absolute atomic E-state index is 0.143. The number of sulfone groups is 1. The number of fused-ring (bicyclic) bond motifs is 3. The fourth-order valence-electron chi connectivity index (χ4n) is 6.60. The monoisotopic (exact) mass is 480 g/mol. The minimum atomic E-state index is -3.72. The van der Waals surface area contributed by atoms with Crippen LogP contribution in [-0.4, -0.2) is 24.7 Å². The second-order valence-electron chi connectivity index (χ2n) is 10.2. The number of hydrogen-bond donors (Lipinski definition) is 0. The third kappa shape index (κ3) is 4.01. The van der Waals surface area contributed by atoms with Gasteiger partial charge in [0.15, 0.2) is 9.84 Å². The van der Waals surface area contributed by atoms with Crippen LogP contribution >= 0.6 is 11.8 Å². The molecule has 3 nitrogen and oxygen atoms in total. The Balaban J connectivity index is 1.63.